The summed E-state index contributed by atoms with van der Waals surface area (Å²) in [5, 5.41) is 22.3. The number of nitro groups is 1. The molecule has 10 nitrogen and oxygen atoms in total. The Balaban J connectivity index is 1.52. The van der Waals surface area contributed by atoms with Crippen LogP contribution in [0.25, 0.3) is 0 Å². The number of aromatic nitrogens is 5. The zero-order valence-electron chi connectivity index (χ0n) is 14.4. The highest BCUT2D eigenvalue weighted by molar-refractivity contribution is 6.30. The van der Waals surface area contributed by atoms with Gasteiger partial charge in [0, 0.05) is 18.0 Å². The van der Waals surface area contributed by atoms with E-state index in [4.69, 9.17) is 11.6 Å². The fourth-order valence-electron chi connectivity index (χ4n) is 2.41. The highest BCUT2D eigenvalue weighted by Gasteiger charge is 2.16. The number of hydrogen-bond acceptors (Lipinski definition) is 6. The first kappa shape index (κ1) is 18.5. The molecule has 1 N–H and O–H groups in total. The number of nitrogens with zero attached hydrogens (tertiary/aromatic N) is 6. The Labute approximate surface area is 158 Å². The number of hydrogen-bond donors (Lipinski definition) is 1. The maximum absolute atomic E-state index is 12.0. The summed E-state index contributed by atoms with van der Waals surface area (Å²) in [7, 11) is 0. The summed E-state index contributed by atoms with van der Waals surface area (Å²) in [6.07, 6.45) is 2.91. The van der Waals surface area contributed by atoms with Crippen molar-refractivity contribution in [3.63, 3.8) is 0 Å². The van der Waals surface area contributed by atoms with Crippen molar-refractivity contribution >= 4 is 29.1 Å². The monoisotopic (exact) mass is 389 g/mol. The SMILES string of the molecule is Cc1nn(CCC(=O)Nc2ncn(Cc3ccc(Cl)cc3)n2)cc1[N+](=O)[O-]. The molecule has 3 aromatic rings. The summed E-state index contributed by atoms with van der Waals surface area (Å²) >= 11 is 5.85. The molecule has 0 unspecified atom stereocenters. The molecule has 2 aromatic heterocycles. The first-order chi connectivity index (χ1) is 12.9. The lowest BCUT2D eigenvalue weighted by Gasteiger charge is -2.02. The van der Waals surface area contributed by atoms with E-state index in [1.54, 1.807) is 23.7 Å². The van der Waals surface area contributed by atoms with Gasteiger partial charge in [-0.15, -0.1) is 5.10 Å². The van der Waals surface area contributed by atoms with Gasteiger partial charge < -0.3 is 0 Å². The van der Waals surface area contributed by atoms with Crippen molar-refractivity contribution in [3.8, 4) is 0 Å². The Bertz CT molecular complexity index is 965. The largest absolute Gasteiger partial charge is 0.309 e. The molecule has 11 heteroatoms. The Morgan fingerprint density at radius 3 is 2.67 bits per heavy atom. The van der Waals surface area contributed by atoms with E-state index in [1.165, 1.54) is 17.2 Å². The lowest BCUT2D eigenvalue weighted by Crippen LogP contribution is -2.16. The third kappa shape index (κ3) is 4.88. The lowest BCUT2D eigenvalue weighted by molar-refractivity contribution is -0.385. The van der Waals surface area contributed by atoms with Crippen molar-refractivity contribution < 1.29 is 9.72 Å². The van der Waals surface area contributed by atoms with E-state index in [0.717, 1.165) is 5.56 Å². The van der Waals surface area contributed by atoms with Crippen LogP contribution >= 0.6 is 11.6 Å². The number of aryl methyl sites for hydroxylation is 2. The number of nitrogens with one attached hydrogen (secondary N) is 1. The minimum Gasteiger partial charge on any atom is -0.293 e. The van der Waals surface area contributed by atoms with E-state index >= 15 is 0 Å². The van der Waals surface area contributed by atoms with Gasteiger partial charge in [0.25, 0.3) is 0 Å². The maximum Gasteiger partial charge on any atom is 0.309 e. The van der Waals surface area contributed by atoms with E-state index in [2.05, 4.69) is 20.5 Å². The molecule has 3 rings (SSSR count). The van der Waals surface area contributed by atoms with Crippen LogP contribution in [0.5, 0.6) is 0 Å². The van der Waals surface area contributed by atoms with Crippen molar-refractivity contribution in [3.05, 3.63) is 63.2 Å². The second kappa shape index (κ2) is 7.96. The van der Waals surface area contributed by atoms with Gasteiger partial charge in [-0.25, -0.2) is 9.67 Å². The van der Waals surface area contributed by atoms with Crippen molar-refractivity contribution in [2.75, 3.05) is 5.32 Å². The van der Waals surface area contributed by atoms with E-state index in [0.29, 0.717) is 17.3 Å². The Morgan fingerprint density at radius 1 is 1.26 bits per heavy atom. The standard InChI is InChI=1S/C16H16ClN7O3/c1-11-14(24(26)27)9-22(20-11)7-6-15(25)19-16-18-10-23(21-16)8-12-2-4-13(17)5-3-12/h2-5,9-10H,6-8H2,1H3,(H,19,21,25). The average Bonchev–Trinajstić information content (AvgIpc) is 3.21. The Hall–Kier alpha value is -3.27. The number of benzene rings is 1. The van der Waals surface area contributed by atoms with E-state index in [-0.39, 0.29) is 30.5 Å². The van der Waals surface area contributed by atoms with Gasteiger partial charge in [-0.3, -0.25) is 24.9 Å². The zero-order chi connectivity index (χ0) is 19.4. The van der Waals surface area contributed by atoms with Crippen LogP contribution in [0.1, 0.15) is 17.7 Å². The van der Waals surface area contributed by atoms with Crippen LogP contribution in [0.2, 0.25) is 5.02 Å². The summed E-state index contributed by atoms with van der Waals surface area (Å²) in [5.74, 6) is -0.119. The van der Waals surface area contributed by atoms with Crippen LogP contribution in [-0.4, -0.2) is 35.4 Å². The smallest absolute Gasteiger partial charge is 0.293 e. The van der Waals surface area contributed by atoms with Crippen molar-refractivity contribution in [2.24, 2.45) is 0 Å². The van der Waals surface area contributed by atoms with Gasteiger partial charge in [0.1, 0.15) is 18.2 Å². The zero-order valence-corrected chi connectivity index (χ0v) is 15.1. The van der Waals surface area contributed by atoms with Gasteiger partial charge in [0.15, 0.2) is 0 Å². The highest BCUT2D eigenvalue weighted by atomic mass is 35.5. The number of anilines is 1. The Kier molecular flexibility index (Phi) is 5.46. The molecular formula is C16H16ClN7O3. The molecule has 140 valence electrons. The third-order valence-electron chi connectivity index (χ3n) is 3.73. The molecule has 0 aliphatic rings. The normalized spacial score (nSPS) is 10.7. The third-order valence-corrected chi connectivity index (χ3v) is 3.98. The summed E-state index contributed by atoms with van der Waals surface area (Å²) in [4.78, 5) is 26.4. The fraction of sp³-hybridized carbons (Fsp3) is 0.250. The predicted molar refractivity (Wildman–Crippen MR) is 97.4 cm³/mol. The van der Waals surface area contributed by atoms with Gasteiger partial charge in [-0.1, -0.05) is 23.7 Å². The molecule has 0 saturated heterocycles. The van der Waals surface area contributed by atoms with Crippen molar-refractivity contribution in [2.45, 2.75) is 26.4 Å². The van der Waals surface area contributed by atoms with E-state index < -0.39 is 4.92 Å². The first-order valence-electron chi connectivity index (χ1n) is 8.03. The molecule has 0 aliphatic carbocycles. The van der Waals surface area contributed by atoms with Gasteiger partial charge in [0.05, 0.1) is 11.5 Å². The highest BCUT2D eigenvalue weighted by Crippen LogP contribution is 2.15. The summed E-state index contributed by atoms with van der Waals surface area (Å²) in [6.45, 7) is 2.26. The van der Waals surface area contributed by atoms with Crippen LogP contribution in [0.15, 0.2) is 36.8 Å². The van der Waals surface area contributed by atoms with Gasteiger partial charge in [0.2, 0.25) is 11.9 Å². The molecule has 0 bridgehead atoms. The Morgan fingerprint density at radius 2 is 2.00 bits per heavy atom. The van der Waals surface area contributed by atoms with Crippen LogP contribution in [-0.2, 0) is 17.9 Å². The number of carbonyl (C=O) groups excluding carboxylic acids is 1. The first-order valence-corrected chi connectivity index (χ1v) is 8.40. The van der Waals surface area contributed by atoms with Crippen molar-refractivity contribution in [1.82, 2.24) is 24.5 Å². The number of halogens is 1. The molecule has 0 radical (unpaired) electrons. The molecule has 0 spiro atoms. The van der Waals surface area contributed by atoms with Crippen LogP contribution in [0.4, 0.5) is 11.6 Å². The summed E-state index contributed by atoms with van der Waals surface area (Å²) in [6, 6.07) is 7.34. The molecule has 0 aliphatic heterocycles. The maximum atomic E-state index is 12.0. The number of rotatable bonds is 7. The van der Waals surface area contributed by atoms with Crippen LogP contribution in [0, 0.1) is 17.0 Å². The molecule has 27 heavy (non-hydrogen) atoms. The molecule has 0 saturated carbocycles. The topological polar surface area (TPSA) is 121 Å². The van der Waals surface area contributed by atoms with Gasteiger partial charge in [-0.05, 0) is 24.6 Å². The van der Waals surface area contributed by atoms with Crippen LogP contribution < -0.4 is 5.32 Å². The lowest BCUT2D eigenvalue weighted by atomic mass is 10.2. The molecule has 1 amide bonds. The number of amides is 1. The van der Waals surface area contributed by atoms with Gasteiger partial charge in [-0.2, -0.15) is 5.10 Å². The minimum atomic E-state index is -0.504. The summed E-state index contributed by atoms with van der Waals surface area (Å²) < 4.78 is 2.97. The average molecular weight is 390 g/mol. The van der Waals surface area contributed by atoms with Crippen LogP contribution in [0.3, 0.4) is 0 Å². The van der Waals surface area contributed by atoms with Gasteiger partial charge >= 0.3 is 5.69 Å². The second-order valence-corrected chi connectivity index (χ2v) is 6.25. The molecule has 1 aromatic carbocycles. The quantitative estimate of drug-likeness (QED) is 0.489. The predicted octanol–water partition coefficient (Wildman–Crippen LogP) is 2.42. The molecule has 0 fully saturated rings. The van der Waals surface area contributed by atoms with Crippen molar-refractivity contribution in [1.29, 1.82) is 0 Å². The number of carbonyl (C=O) groups is 1. The molecular weight excluding hydrogens is 374 g/mol. The molecule has 0 atom stereocenters. The summed E-state index contributed by atoms with van der Waals surface area (Å²) in [5.41, 5.74) is 1.24. The van der Waals surface area contributed by atoms with E-state index in [9.17, 15) is 14.9 Å². The molecule has 2 heterocycles. The second-order valence-electron chi connectivity index (χ2n) is 5.81. The fourth-order valence-corrected chi connectivity index (χ4v) is 2.54. The van der Waals surface area contributed by atoms with E-state index in [1.807, 2.05) is 12.1 Å². The minimum absolute atomic E-state index is 0.0713.